The van der Waals surface area contributed by atoms with Gasteiger partial charge in [0, 0.05) is 25.3 Å². The Bertz CT molecular complexity index is 790. The van der Waals surface area contributed by atoms with E-state index < -0.39 is 47.7 Å². The maximum absolute atomic E-state index is 12.4. The van der Waals surface area contributed by atoms with E-state index in [1.165, 1.54) is 19.4 Å². The molecule has 1 heterocycles. The predicted molar refractivity (Wildman–Crippen MR) is 115 cm³/mol. The van der Waals surface area contributed by atoms with Crippen LogP contribution in [0.5, 0.6) is 0 Å². The standard InChI is InChI=1S/C24H34O7/c1-14-9-7-11-15(2)21(30-18(5)26)22-19(16(3)23(27)31-22)13-20(29-17(4)25)24(6,28)12-8-10-14/h10-11,19-22,28H,3,7-9,12-13H2,1-2,4-6H3/t19-,20+,21+,22-,24+/m1/s1. The first-order chi connectivity index (χ1) is 14.4. The summed E-state index contributed by atoms with van der Waals surface area (Å²) in [6.45, 7) is 11.9. The Labute approximate surface area is 184 Å². The van der Waals surface area contributed by atoms with Crippen LogP contribution in [0.25, 0.3) is 0 Å². The van der Waals surface area contributed by atoms with E-state index in [0.29, 0.717) is 12.8 Å². The molecule has 7 heteroatoms. The maximum atomic E-state index is 12.4. The van der Waals surface area contributed by atoms with E-state index in [9.17, 15) is 19.5 Å². The molecule has 2 rings (SSSR count). The van der Waals surface area contributed by atoms with E-state index in [0.717, 1.165) is 18.4 Å². The molecule has 2 aliphatic rings. The van der Waals surface area contributed by atoms with Gasteiger partial charge in [-0.1, -0.05) is 24.3 Å². The Balaban J connectivity index is 2.51. The number of aliphatic hydroxyl groups is 1. The highest BCUT2D eigenvalue weighted by Crippen LogP contribution is 2.39. The van der Waals surface area contributed by atoms with Gasteiger partial charge in [-0.3, -0.25) is 9.59 Å². The molecule has 172 valence electrons. The summed E-state index contributed by atoms with van der Waals surface area (Å²) in [7, 11) is 0. The van der Waals surface area contributed by atoms with E-state index in [4.69, 9.17) is 14.2 Å². The smallest absolute Gasteiger partial charge is 0.334 e. The molecule has 7 nitrogen and oxygen atoms in total. The quantitative estimate of drug-likeness (QED) is 0.307. The molecule has 0 aromatic carbocycles. The Hall–Kier alpha value is -2.41. The highest BCUT2D eigenvalue weighted by molar-refractivity contribution is 5.91. The van der Waals surface area contributed by atoms with E-state index in [1.807, 2.05) is 19.9 Å². The summed E-state index contributed by atoms with van der Waals surface area (Å²) in [6, 6.07) is 0. The summed E-state index contributed by atoms with van der Waals surface area (Å²) in [5.41, 5.74) is 0.827. The van der Waals surface area contributed by atoms with Crippen molar-refractivity contribution in [2.45, 2.75) is 90.6 Å². The normalized spacial score (nSPS) is 32.7. The number of fused-ring (bicyclic) bond motifs is 1. The maximum Gasteiger partial charge on any atom is 0.334 e. The van der Waals surface area contributed by atoms with Gasteiger partial charge in [0.1, 0.15) is 6.10 Å². The lowest BCUT2D eigenvalue weighted by atomic mass is 9.80. The topological polar surface area (TPSA) is 99.1 Å². The van der Waals surface area contributed by atoms with E-state index in [1.54, 1.807) is 6.92 Å². The van der Waals surface area contributed by atoms with Gasteiger partial charge in [0.05, 0.1) is 5.60 Å². The van der Waals surface area contributed by atoms with Gasteiger partial charge in [-0.2, -0.15) is 0 Å². The molecule has 0 aromatic rings. The van der Waals surface area contributed by atoms with Gasteiger partial charge in [0.2, 0.25) is 0 Å². The lowest BCUT2D eigenvalue weighted by molar-refractivity contribution is -0.167. The van der Waals surface area contributed by atoms with Crippen LogP contribution in [-0.2, 0) is 28.6 Å². The van der Waals surface area contributed by atoms with Gasteiger partial charge >= 0.3 is 17.9 Å². The number of esters is 3. The first-order valence-corrected chi connectivity index (χ1v) is 10.7. The van der Waals surface area contributed by atoms with Crippen molar-refractivity contribution in [1.29, 1.82) is 0 Å². The van der Waals surface area contributed by atoms with E-state index >= 15 is 0 Å². The van der Waals surface area contributed by atoms with Crippen LogP contribution in [0.1, 0.15) is 66.7 Å². The van der Waals surface area contributed by atoms with Crippen LogP contribution in [-0.4, -0.2) is 46.9 Å². The Kier molecular flexibility index (Phi) is 8.23. The molecule has 0 spiro atoms. The third-order valence-corrected chi connectivity index (χ3v) is 6.01. The molecule has 5 atom stereocenters. The molecule has 1 aliphatic heterocycles. The Morgan fingerprint density at radius 3 is 2.42 bits per heavy atom. The number of rotatable bonds is 2. The van der Waals surface area contributed by atoms with Crippen molar-refractivity contribution < 1.29 is 33.7 Å². The lowest BCUT2D eigenvalue weighted by Crippen LogP contribution is -2.46. The second-order valence-electron chi connectivity index (χ2n) is 8.80. The Morgan fingerprint density at radius 1 is 1.16 bits per heavy atom. The SMILES string of the molecule is C=C1C(=O)O[C@@H]2[C@@H]1C[C@H](OC(C)=O)[C@@](C)(O)CCC=C(C)CCC=C(C)[C@@H]2OC(C)=O. The molecular formula is C24H34O7. The molecule has 1 saturated heterocycles. The third-order valence-electron chi connectivity index (χ3n) is 6.01. The van der Waals surface area contributed by atoms with Crippen LogP contribution >= 0.6 is 0 Å². The number of carbonyl (C=O) groups is 3. The fourth-order valence-corrected chi connectivity index (χ4v) is 4.16. The van der Waals surface area contributed by atoms with Gasteiger partial charge in [-0.15, -0.1) is 0 Å². The second-order valence-corrected chi connectivity index (χ2v) is 8.80. The zero-order valence-corrected chi connectivity index (χ0v) is 19.1. The van der Waals surface area contributed by atoms with Crippen LogP contribution in [0.2, 0.25) is 0 Å². The summed E-state index contributed by atoms with van der Waals surface area (Å²) < 4.78 is 16.6. The van der Waals surface area contributed by atoms with Crippen molar-refractivity contribution in [3.05, 3.63) is 35.5 Å². The van der Waals surface area contributed by atoms with Crippen molar-refractivity contribution in [2.24, 2.45) is 5.92 Å². The fraction of sp³-hybridized carbons (Fsp3) is 0.625. The minimum absolute atomic E-state index is 0.121. The van der Waals surface area contributed by atoms with Crippen molar-refractivity contribution in [1.82, 2.24) is 0 Å². The van der Waals surface area contributed by atoms with Gasteiger partial charge in [0.25, 0.3) is 0 Å². The average molecular weight is 435 g/mol. The van der Waals surface area contributed by atoms with Crippen LogP contribution in [0.15, 0.2) is 35.5 Å². The molecule has 31 heavy (non-hydrogen) atoms. The molecule has 0 radical (unpaired) electrons. The second kappa shape index (κ2) is 10.3. The van der Waals surface area contributed by atoms with Crippen LogP contribution < -0.4 is 0 Å². The molecule has 0 aromatic heterocycles. The summed E-state index contributed by atoms with van der Waals surface area (Å²) >= 11 is 0. The number of allylic oxidation sites excluding steroid dienone is 3. The predicted octanol–water partition coefficient (Wildman–Crippen LogP) is 3.56. The monoisotopic (exact) mass is 434 g/mol. The first kappa shape index (κ1) is 24.9. The number of hydrogen-bond acceptors (Lipinski definition) is 7. The molecule has 1 fully saturated rings. The minimum atomic E-state index is -1.33. The van der Waals surface area contributed by atoms with Crippen molar-refractivity contribution in [3.63, 3.8) is 0 Å². The average Bonchev–Trinajstić information content (AvgIpc) is 2.92. The summed E-state index contributed by atoms with van der Waals surface area (Å²) in [5.74, 6) is -2.19. The van der Waals surface area contributed by atoms with Gasteiger partial charge in [-0.05, 0) is 58.4 Å². The zero-order valence-electron chi connectivity index (χ0n) is 19.1. The van der Waals surface area contributed by atoms with Crippen molar-refractivity contribution in [2.75, 3.05) is 0 Å². The fourth-order valence-electron chi connectivity index (χ4n) is 4.16. The Morgan fingerprint density at radius 2 is 1.81 bits per heavy atom. The molecule has 0 amide bonds. The third kappa shape index (κ3) is 6.53. The molecule has 0 unspecified atom stereocenters. The minimum Gasteiger partial charge on any atom is -0.459 e. The van der Waals surface area contributed by atoms with Crippen LogP contribution in [0.3, 0.4) is 0 Å². The highest BCUT2D eigenvalue weighted by Gasteiger charge is 2.48. The molecule has 1 N–H and O–H groups in total. The van der Waals surface area contributed by atoms with Crippen molar-refractivity contribution >= 4 is 17.9 Å². The highest BCUT2D eigenvalue weighted by atomic mass is 16.6. The van der Waals surface area contributed by atoms with Gasteiger partial charge in [0.15, 0.2) is 12.2 Å². The number of ether oxygens (including phenoxy) is 3. The van der Waals surface area contributed by atoms with Crippen LogP contribution in [0, 0.1) is 5.92 Å². The summed E-state index contributed by atoms with van der Waals surface area (Å²) in [6.07, 6.45) is 4.24. The first-order valence-electron chi connectivity index (χ1n) is 10.7. The van der Waals surface area contributed by atoms with E-state index in [-0.39, 0.29) is 12.0 Å². The lowest BCUT2D eigenvalue weighted by Gasteiger charge is -2.35. The van der Waals surface area contributed by atoms with Gasteiger partial charge in [-0.25, -0.2) is 4.79 Å². The van der Waals surface area contributed by atoms with Gasteiger partial charge < -0.3 is 19.3 Å². The van der Waals surface area contributed by atoms with Crippen molar-refractivity contribution in [3.8, 4) is 0 Å². The zero-order chi connectivity index (χ0) is 23.3. The molecule has 1 aliphatic carbocycles. The molecular weight excluding hydrogens is 400 g/mol. The number of hydrogen-bond donors (Lipinski definition) is 1. The van der Waals surface area contributed by atoms with Crippen LogP contribution in [0.4, 0.5) is 0 Å². The summed E-state index contributed by atoms with van der Waals surface area (Å²) in [5, 5.41) is 11.2. The largest absolute Gasteiger partial charge is 0.459 e. The number of carbonyl (C=O) groups excluding carboxylic acids is 3. The molecule has 0 saturated carbocycles. The van der Waals surface area contributed by atoms with E-state index in [2.05, 4.69) is 12.7 Å². The summed E-state index contributed by atoms with van der Waals surface area (Å²) in [4.78, 5) is 36.0. The molecule has 0 bridgehead atoms.